The van der Waals surface area contributed by atoms with Crippen LogP contribution in [-0.4, -0.2) is 24.5 Å². The van der Waals surface area contributed by atoms with Crippen LogP contribution in [0.25, 0.3) is 0 Å². The van der Waals surface area contributed by atoms with E-state index < -0.39 is 17.2 Å². The van der Waals surface area contributed by atoms with Gasteiger partial charge in [0.15, 0.2) is 0 Å². The summed E-state index contributed by atoms with van der Waals surface area (Å²) in [5.41, 5.74) is -1.38. The first-order valence-corrected chi connectivity index (χ1v) is 7.83. The number of halogens is 3. The molecule has 6 heteroatoms. The van der Waals surface area contributed by atoms with Crippen molar-refractivity contribution in [3.63, 3.8) is 0 Å². The molecule has 0 saturated carbocycles. The van der Waals surface area contributed by atoms with Gasteiger partial charge < -0.3 is 10.6 Å². The molecular formula is C17H23F3N2O. The lowest BCUT2D eigenvalue weighted by Crippen LogP contribution is -2.50. The Kier molecular flexibility index (Phi) is 5.04. The highest BCUT2D eigenvalue weighted by molar-refractivity contribution is 5.87. The summed E-state index contributed by atoms with van der Waals surface area (Å²) in [6.45, 7) is 6.19. The van der Waals surface area contributed by atoms with E-state index in [1.165, 1.54) is 6.07 Å². The van der Waals surface area contributed by atoms with E-state index in [4.69, 9.17) is 0 Å². The minimum absolute atomic E-state index is 0.0591. The van der Waals surface area contributed by atoms with Crippen LogP contribution in [-0.2, 0) is 16.4 Å². The molecule has 1 amide bonds. The van der Waals surface area contributed by atoms with Gasteiger partial charge in [0.25, 0.3) is 0 Å². The normalized spacial score (nSPS) is 22.7. The number of alkyl halides is 3. The second-order valence-electron chi connectivity index (χ2n) is 6.75. The Balaban J connectivity index is 2.15. The molecule has 0 aliphatic carbocycles. The SMILES string of the molecule is CC1CC(NC(=O)C(C)(C)c2cccc(C(F)(F)F)c2)CCN1. The van der Waals surface area contributed by atoms with Crippen LogP contribution >= 0.6 is 0 Å². The van der Waals surface area contributed by atoms with Crippen LogP contribution in [0, 0.1) is 0 Å². The van der Waals surface area contributed by atoms with E-state index in [0.717, 1.165) is 31.5 Å². The van der Waals surface area contributed by atoms with E-state index >= 15 is 0 Å². The van der Waals surface area contributed by atoms with E-state index in [-0.39, 0.29) is 11.9 Å². The standard InChI is InChI=1S/C17H23F3N2O/c1-11-9-14(7-8-21-11)22-15(23)16(2,3)12-5-4-6-13(10-12)17(18,19)20/h4-6,10-11,14,21H,7-9H2,1-3H3,(H,22,23). The fraction of sp³-hybridized carbons (Fsp3) is 0.588. The van der Waals surface area contributed by atoms with Crippen LogP contribution in [0.2, 0.25) is 0 Å². The molecule has 2 rings (SSSR count). The van der Waals surface area contributed by atoms with Crippen LogP contribution in [0.5, 0.6) is 0 Å². The third kappa shape index (κ3) is 4.25. The third-order valence-corrected chi connectivity index (χ3v) is 4.44. The molecule has 0 aromatic heterocycles. The van der Waals surface area contributed by atoms with Gasteiger partial charge in [-0.3, -0.25) is 4.79 Å². The quantitative estimate of drug-likeness (QED) is 0.894. The summed E-state index contributed by atoms with van der Waals surface area (Å²) in [6.07, 6.45) is -2.76. The van der Waals surface area contributed by atoms with Gasteiger partial charge in [0.1, 0.15) is 0 Å². The van der Waals surface area contributed by atoms with Crippen LogP contribution in [0.4, 0.5) is 13.2 Å². The molecule has 1 aliphatic heterocycles. The molecule has 0 radical (unpaired) electrons. The van der Waals surface area contributed by atoms with Gasteiger partial charge in [-0.15, -0.1) is 0 Å². The van der Waals surface area contributed by atoms with E-state index in [2.05, 4.69) is 17.6 Å². The van der Waals surface area contributed by atoms with Gasteiger partial charge in [-0.2, -0.15) is 13.2 Å². The topological polar surface area (TPSA) is 41.1 Å². The van der Waals surface area contributed by atoms with Gasteiger partial charge >= 0.3 is 6.18 Å². The Hall–Kier alpha value is -1.56. The van der Waals surface area contributed by atoms with Gasteiger partial charge in [0.05, 0.1) is 11.0 Å². The fourth-order valence-electron chi connectivity index (χ4n) is 2.84. The lowest BCUT2D eigenvalue weighted by molar-refractivity contribution is -0.138. The molecular weight excluding hydrogens is 305 g/mol. The number of piperidine rings is 1. The zero-order valence-corrected chi connectivity index (χ0v) is 13.6. The highest BCUT2D eigenvalue weighted by atomic mass is 19.4. The van der Waals surface area contributed by atoms with Crippen molar-refractivity contribution in [1.29, 1.82) is 0 Å². The van der Waals surface area contributed by atoms with E-state index in [1.54, 1.807) is 19.9 Å². The summed E-state index contributed by atoms with van der Waals surface area (Å²) < 4.78 is 38.6. The number of amides is 1. The van der Waals surface area contributed by atoms with Crippen LogP contribution in [0.3, 0.4) is 0 Å². The van der Waals surface area contributed by atoms with Gasteiger partial charge in [-0.1, -0.05) is 18.2 Å². The maximum Gasteiger partial charge on any atom is 0.416 e. The van der Waals surface area contributed by atoms with Crippen molar-refractivity contribution < 1.29 is 18.0 Å². The maximum absolute atomic E-state index is 12.9. The highest BCUT2D eigenvalue weighted by Crippen LogP contribution is 2.33. The minimum atomic E-state index is -4.41. The number of nitrogens with one attached hydrogen (secondary N) is 2. The molecule has 1 fully saturated rings. The molecule has 1 aromatic rings. The van der Waals surface area contributed by atoms with Gasteiger partial charge in [-0.05, 0) is 51.8 Å². The Morgan fingerprint density at radius 2 is 1.91 bits per heavy atom. The highest BCUT2D eigenvalue weighted by Gasteiger charge is 2.35. The Morgan fingerprint density at radius 1 is 1.26 bits per heavy atom. The lowest BCUT2D eigenvalue weighted by atomic mass is 9.82. The predicted molar refractivity (Wildman–Crippen MR) is 83.1 cm³/mol. The van der Waals surface area contributed by atoms with Crippen LogP contribution in [0.15, 0.2) is 24.3 Å². The molecule has 0 spiro atoms. The van der Waals surface area contributed by atoms with Crippen LogP contribution in [0.1, 0.15) is 44.7 Å². The van der Waals surface area contributed by atoms with E-state index in [0.29, 0.717) is 11.6 Å². The number of carbonyl (C=O) groups is 1. The first-order valence-electron chi connectivity index (χ1n) is 7.83. The smallest absolute Gasteiger partial charge is 0.353 e. The molecule has 3 nitrogen and oxygen atoms in total. The number of carbonyl (C=O) groups excluding carboxylic acids is 1. The second-order valence-corrected chi connectivity index (χ2v) is 6.75. The second kappa shape index (κ2) is 6.51. The van der Waals surface area contributed by atoms with Crippen molar-refractivity contribution >= 4 is 5.91 Å². The lowest BCUT2D eigenvalue weighted by Gasteiger charge is -2.32. The summed E-state index contributed by atoms with van der Waals surface area (Å²) in [6, 6.07) is 5.38. The monoisotopic (exact) mass is 328 g/mol. The first kappa shape index (κ1) is 17.8. The van der Waals surface area contributed by atoms with Crippen molar-refractivity contribution in [3.05, 3.63) is 35.4 Å². The number of hydrogen-bond donors (Lipinski definition) is 2. The van der Waals surface area contributed by atoms with Crippen LogP contribution < -0.4 is 10.6 Å². The zero-order chi connectivity index (χ0) is 17.3. The molecule has 0 bridgehead atoms. The molecule has 2 N–H and O–H groups in total. The summed E-state index contributed by atoms with van der Waals surface area (Å²) in [5.74, 6) is -0.240. The molecule has 2 atom stereocenters. The number of rotatable bonds is 3. The number of hydrogen-bond acceptors (Lipinski definition) is 2. The van der Waals surface area contributed by atoms with Gasteiger partial charge in [0, 0.05) is 12.1 Å². The Labute approximate surface area is 134 Å². The molecule has 1 saturated heterocycles. The average molecular weight is 328 g/mol. The molecule has 2 unspecified atom stereocenters. The van der Waals surface area contributed by atoms with Crippen molar-refractivity contribution in [2.45, 2.75) is 57.3 Å². The van der Waals surface area contributed by atoms with Crippen molar-refractivity contribution in [2.75, 3.05) is 6.54 Å². The molecule has 1 heterocycles. The summed E-state index contributed by atoms with van der Waals surface area (Å²) in [7, 11) is 0. The van der Waals surface area contributed by atoms with E-state index in [9.17, 15) is 18.0 Å². The van der Waals surface area contributed by atoms with Gasteiger partial charge in [-0.25, -0.2) is 0 Å². The minimum Gasteiger partial charge on any atom is -0.353 e. The maximum atomic E-state index is 12.9. The van der Waals surface area contributed by atoms with Crippen molar-refractivity contribution in [3.8, 4) is 0 Å². The molecule has 128 valence electrons. The van der Waals surface area contributed by atoms with Gasteiger partial charge in [0.2, 0.25) is 5.91 Å². The Morgan fingerprint density at radius 3 is 2.52 bits per heavy atom. The summed E-state index contributed by atoms with van der Waals surface area (Å²) in [5, 5.41) is 6.29. The predicted octanol–water partition coefficient (Wildman–Crippen LogP) is 3.24. The van der Waals surface area contributed by atoms with Crippen molar-refractivity contribution in [2.24, 2.45) is 0 Å². The molecule has 1 aromatic carbocycles. The molecule has 1 aliphatic rings. The zero-order valence-electron chi connectivity index (χ0n) is 13.6. The summed E-state index contributed by atoms with van der Waals surface area (Å²) in [4.78, 5) is 12.6. The summed E-state index contributed by atoms with van der Waals surface area (Å²) >= 11 is 0. The largest absolute Gasteiger partial charge is 0.416 e. The number of benzene rings is 1. The molecule has 23 heavy (non-hydrogen) atoms. The third-order valence-electron chi connectivity index (χ3n) is 4.44. The van der Waals surface area contributed by atoms with Crippen molar-refractivity contribution in [1.82, 2.24) is 10.6 Å². The Bertz CT molecular complexity index is 569. The van der Waals surface area contributed by atoms with E-state index in [1.807, 2.05) is 0 Å². The first-order chi connectivity index (χ1) is 10.6. The average Bonchev–Trinajstić information content (AvgIpc) is 2.46. The fourth-order valence-corrected chi connectivity index (χ4v) is 2.84.